The van der Waals surface area contributed by atoms with E-state index in [1.54, 1.807) is 0 Å². The van der Waals surface area contributed by atoms with Crippen molar-refractivity contribution < 1.29 is 0 Å². The van der Waals surface area contributed by atoms with Crippen LogP contribution in [-0.4, -0.2) is 31.1 Å². The van der Waals surface area contributed by atoms with Crippen LogP contribution in [0.3, 0.4) is 0 Å². The van der Waals surface area contributed by atoms with Crippen LogP contribution in [0.5, 0.6) is 0 Å². The molecule has 0 spiro atoms. The molecule has 0 atom stereocenters. The van der Waals surface area contributed by atoms with E-state index in [0.717, 1.165) is 29.8 Å². The lowest BCUT2D eigenvalue weighted by molar-refractivity contribution is 0.165. The molecule has 1 fully saturated rings. The van der Waals surface area contributed by atoms with Gasteiger partial charge in [-0.15, -0.1) is 0 Å². The van der Waals surface area contributed by atoms with Crippen molar-refractivity contribution in [2.24, 2.45) is 0 Å². The van der Waals surface area contributed by atoms with Crippen molar-refractivity contribution in [3.05, 3.63) is 29.3 Å². The summed E-state index contributed by atoms with van der Waals surface area (Å²) < 4.78 is 0. The number of hydrogen-bond donors (Lipinski definition) is 1. The lowest BCUT2D eigenvalue weighted by Gasteiger charge is -2.34. The molecule has 0 aromatic heterocycles. The number of likely N-dealkylation sites (N-methyl/N-ethyl adjacent to an activating group) is 1. The predicted octanol–water partition coefficient (Wildman–Crippen LogP) is 3.24. The monoisotopic (exact) mass is 238 g/mol. The van der Waals surface area contributed by atoms with Crippen molar-refractivity contribution in [3.8, 4) is 0 Å². The number of para-hydroxylation sites is 1. The quantitative estimate of drug-likeness (QED) is 0.847. The molecule has 0 amide bonds. The first-order valence-electron chi connectivity index (χ1n) is 5.96. The van der Waals surface area contributed by atoms with Crippen LogP contribution in [0.15, 0.2) is 24.3 Å². The number of nitrogens with zero attached hydrogens (tertiary/aromatic N) is 1. The van der Waals surface area contributed by atoms with Crippen LogP contribution in [0.4, 0.5) is 5.69 Å². The van der Waals surface area contributed by atoms with Crippen LogP contribution >= 0.6 is 11.6 Å². The standard InChI is InChI=1S/C13H19ClN2/c1-16(11-5-4-6-11)10-9-15-13-8-3-2-7-12(13)14/h2-3,7-8,11,15H,4-6,9-10H2,1H3. The Morgan fingerprint density at radius 1 is 1.38 bits per heavy atom. The van der Waals surface area contributed by atoms with Crippen molar-refractivity contribution in [1.29, 1.82) is 0 Å². The molecule has 88 valence electrons. The zero-order valence-electron chi connectivity index (χ0n) is 9.75. The number of rotatable bonds is 5. The summed E-state index contributed by atoms with van der Waals surface area (Å²) in [6.45, 7) is 2.03. The Morgan fingerprint density at radius 2 is 2.12 bits per heavy atom. The summed E-state index contributed by atoms with van der Waals surface area (Å²) in [6, 6.07) is 8.70. The van der Waals surface area contributed by atoms with Crippen LogP contribution in [0.1, 0.15) is 19.3 Å². The van der Waals surface area contributed by atoms with E-state index >= 15 is 0 Å². The summed E-state index contributed by atoms with van der Waals surface area (Å²) in [5, 5.41) is 4.17. The molecule has 2 rings (SSSR count). The van der Waals surface area contributed by atoms with Gasteiger partial charge in [0.2, 0.25) is 0 Å². The molecule has 0 heterocycles. The predicted molar refractivity (Wildman–Crippen MR) is 70.2 cm³/mol. The van der Waals surface area contributed by atoms with Gasteiger partial charge >= 0.3 is 0 Å². The Labute approximate surface area is 103 Å². The Morgan fingerprint density at radius 3 is 2.75 bits per heavy atom. The third kappa shape index (κ3) is 2.89. The van der Waals surface area contributed by atoms with Crippen molar-refractivity contribution in [2.75, 3.05) is 25.5 Å². The summed E-state index contributed by atoms with van der Waals surface area (Å²) in [4.78, 5) is 2.44. The number of benzene rings is 1. The lowest BCUT2D eigenvalue weighted by atomic mass is 9.92. The molecule has 1 aromatic carbocycles. The first-order chi connectivity index (χ1) is 7.77. The second kappa shape index (κ2) is 5.55. The fourth-order valence-electron chi connectivity index (χ4n) is 1.98. The van der Waals surface area contributed by atoms with Gasteiger partial charge in [0.15, 0.2) is 0 Å². The van der Waals surface area contributed by atoms with Gasteiger partial charge in [-0.05, 0) is 32.0 Å². The molecule has 0 saturated heterocycles. The van der Waals surface area contributed by atoms with Crippen molar-refractivity contribution >= 4 is 17.3 Å². The Kier molecular flexibility index (Phi) is 4.08. The lowest BCUT2D eigenvalue weighted by Crippen LogP contribution is -2.39. The van der Waals surface area contributed by atoms with Crippen LogP contribution < -0.4 is 5.32 Å². The number of hydrogen-bond acceptors (Lipinski definition) is 2. The molecule has 16 heavy (non-hydrogen) atoms. The zero-order valence-corrected chi connectivity index (χ0v) is 10.5. The average molecular weight is 239 g/mol. The largest absolute Gasteiger partial charge is 0.383 e. The highest BCUT2D eigenvalue weighted by Crippen LogP contribution is 2.23. The van der Waals surface area contributed by atoms with Crippen molar-refractivity contribution in [3.63, 3.8) is 0 Å². The third-order valence-corrected chi connectivity index (χ3v) is 3.68. The first-order valence-corrected chi connectivity index (χ1v) is 6.34. The van der Waals surface area contributed by atoms with Gasteiger partial charge in [-0.1, -0.05) is 30.2 Å². The zero-order chi connectivity index (χ0) is 11.4. The van der Waals surface area contributed by atoms with E-state index in [1.165, 1.54) is 19.3 Å². The van der Waals surface area contributed by atoms with Gasteiger partial charge in [0.1, 0.15) is 0 Å². The summed E-state index contributed by atoms with van der Waals surface area (Å²) in [5.74, 6) is 0. The summed E-state index contributed by atoms with van der Waals surface area (Å²) >= 11 is 6.06. The van der Waals surface area contributed by atoms with Gasteiger partial charge < -0.3 is 10.2 Å². The molecule has 1 aliphatic rings. The van der Waals surface area contributed by atoms with Crippen molar-refractivity contribution in [2.45, 2.75) is 25.3 Å². The summed E-state index contributed by atoms with van der Waals surface area (Å²) in [7, 11) is 2.21. The second-order valence-electron chi connectivity index (χ2n) is 4.47. The third-order valence-electron chi connectivity index (χ3n) is 3.35. The minimum absolute atomic E-state index is 0.800. The maximum atomic E-state index is 6.06. The molecule has 1 saturated carbocycles. The number of anilines is 1. The van der Waals surface area contributed by atoms with Gasteiger partial charge in [-0.25, -0.2) is 0 Å². The van der Waals surface area contributed by atoms with E-state index < -0.39 is 0 Å². The van der Waals surface area contributed by atoms with Gasteiger partial charge in [-0.2, -0.15) is 0 Å². The molecule has 1 aromatic rings. The second-order valence-corrected chi connectivity index (χ2v) is 4.88. The molecule has 0 unspecified atom stereocenters. The highest BCUT2D eigenvalue weighted by Gasteiger charge is 2.21. The van der Waals surface area contributed by atoms with Crippen LogP contribution in [0.25, 0.3) is 0 Å². The molecule has 3 heteroatoms. The van der Waals surface area contributed by atoms with Crippen molar-refractivity contribution in [1.82, 2.24) is 4.90 Å². The van der Waals surface area contributed by atoms with E-state index in [2.05, 4.69) is 17.3 Å². The molecule has 0 radical (unpaired) electrons. The summed E-state index contributed by atoms with van der Waals surface area (Å²) in [6.07, 6.45) is 4.12. The van der Waals surface area contributed by atoms with Crippen LogP contribution in [0.2, 0.25) is 5.02 Å². The van der Waals surface area contributed by atoms with Gasteiger partial charge in [0.25, 0.3) is 0 Å². The smallest absolute Gasteiger partial charge is 0.0637 e. The molecular weight excluding hydrogens is 220 g/mol. The number of halogens is 1. The maximum absolute atomic E-state index is 6.06. The maximum Gasteiger partial charge on any atom is 0.0637 e. The van der Waals surface area contributed by atoms with Gasteiger partial charge in [0, 0.05) is 19.1 Å². The normalized spacial score (nSPS) is 16.2. The SMILES string of the molecule is CN(CCNc1ccccc1Cl)C1CCC1. The summed E-state index contributed by atoms with van der Waals surface area (Å²) in [5.41, 5.74) is 1.03. The Bertz CT molecular complexity index is 336. The topological polar surface area (TPSA) is 15.3 Å². The average Bonchev–Trinajstić information content (AvgIpc) is 2.18. The molecule has 1 aliphatic carbocycles. The molecule has 1 N–H and O–H groups in total. The number of nitrogens with one attached hydrogen (secondary N) is 1. The molecular formula is C13H19ClN2. The van der Waals surface area contributed by atoms with E-state index in [-0.39, 0.29) is 0 Å². The Balaban J connectivity index is 1.73. The first kappa shape index (κ1) is 11.7. The molecule has 0 bridgehead atoms. The van der Waals surface area contributed by atoms with E-state index in [1.807, 2.05) is 24.3 Å². The highest BCUT2D eigenvalue weighted by molar-refractivity contribution is 6.33. The van der Waals surface area contributed by atoms with E-state index in [9.17, 15) is 0 Å². The van der Waals surface area contributed by atoms with Gasteiger partial charge in [-0.3, -0.25) is 0 Å². The fraction of sp³-hybridized carbons (Fsp3) is 0.538. The minimum atomic E-state index is 0.800. The molecule has 0 aliphatic heterocycles. The fourth-order valence-corrected chi connectivity index (χ4v) is 2.18. The van der Waals surface area contributed by atoms with Crippen LogP contribution in [-0.2, 0) is 0 Å². The van der Waals surface area contributed by atoms with E-state index in [4.69, 9.17) is 11.6 Å². The highest BCUT2D eigenvalue weighted by atomic mass is 35.5. The Hall–Kier alpha value is -0.730. The van der Waals surface area contributed by atoms with Crippen LogP contribution in [0, 0.1) is 0 Å². The van der Waals surface area contributed by atoms with Gasteiger partial charge in [0.05, 0.1) is 10.7 Å². The van der Waals surface area contributed by atoms with E-state index in [0.29, 0.717) is 0 Å². The molecule has 2 nitrogen and oxygen atoms in total. The minimum Gasteiger partial charge on any atom is -0.383 e.